The van der Waals surface area contributed by atoms with E-state index in [9.17, 15) is 4.79 Å². The first-order chi connectivity index (χ1) is 7.13. The number of carbonyl (C=O) groups excluding carboxylic acids is 1. The first kappa shape index (κ1) is 11.9. The summed E-state index contributed by atoms with van der Waals surface area (Å²) >= 11 is 0. The molecule has 0 heterocycles. The number of hydrogen-bond donors (Lipinski definition) is 1. The van der Waals surface area contributed by atoms with Crippen LogP contribution in [0.15, 0.2) is 24.3 Å². The number of ketones is 1. The van der Waals surface area contributed by atoms with E-state index in [-0.39, 0.29) is 5.78 Å². The topological polar surface area (TPSA) is 29.1 Å². The maximum Gasteiger partial charge on any atom is 0.176 e. The van der Waals surface area contributed by atoms with Gasteiger partial charge in [-0.3, -0.25) is 4.79 Å². The number of benzene rings is 1. The van der Waals surface area contributed by atoms with Gasteiger partial charge in [-0.15, -0.1) is 0 Å². The number of hydrogen-bond acceptors (Lipinski definition) is 2. The Morgan fingerprint density at radius 2 is 2.13 bits per heavy atom. The van der Waals surface area contributed by atoms with Gasteiger partial charge in [0.15, 0.2) is 5.78 Å². The molecule has 0 bridgehead atoms. The SMILES string of the molecule is CCc1cccc(C(=O)CNC(C)C)c1. The molecule has 2 nitrogen and oxygen atoms in total. The van der Waals surface area contributed by atoms with Crippen LogP contribution < -0.4 is 5.32 Å². The molecule has 0 aliphatic heterocycles. The van der Waals surface area contributed by atoms with Crippen LogP contribution in [-0.4, -0.2) is 18.4 Å². The molecule has 0 saturated heterocycles. The van der Waals surface area contributed by atoms with Crippen molar-refractivity contribution >= 4 is 5.78 Å². The minimum absolute atomic E-state index is 0.166. The first-order valence-electron chi connectivity index (χ1n) is 5.49. The normalized spacial score (nSPS) is 10.7. The van der Waals surface area contributed by atoms with Crippen LogP contribution in [0.3, 0.4) is 0 Å². The van der Waals surface area contributed by atoms with Gasteiger partial charge in [-0.1, -0.05) is 39.0 Å². The summed E-state index contributed by atoms with van der Waals surface area (Å²) in [7, 11) is 0. The van der Waals surface area contributed by atoms with Crippen LogP contribution in [-0.2, 0) is 6.42 Å². The Morgan fingerprint density at radius 3 is 2.73 bits per heavy atom. The highest BCUT2D eigenvalue weighted by atomic mass is 16.1. The minimum Gasteiger partial charge on any atom is -0.307 e. The molecule has 0 radical (unpaired) electrons. The fourth-order valence-electron chi connectivity index (χ4n) is 1.36. The van der Waals surface area contributed by atoms with E-state index in [1.54, 1.807) is 0 Å². The van der Waals surface area contributed by atoms with Crippen LogP contribution in [0.4, 0.5) is 0 Å². The van der Waals surface area contributed by atoms with Crippen molar-refractivity contribution in [3.8, 4) is 0 Å². The summed E-state index contributed by atoms with van der Waals surface area (Å²) in [6.45, 7) is 6.59. The Labute approximate surface area is 91.7 Å². The highest BCUT2D eigenvalue weighted by molar-refractivity contribution is 5.97. The van der Waals surface area contributed by atoms with Gasteiger partial charge in [0.2, 0.25) is 0 Å². The maximum atomic E-state index is 11.8. The summed E-state index contributed by atoms with van der Waals surface area (Å²) in [5.41, 5.74) is 2.02. The molecule has 0 fully saturated rings. The molecule has 0 saturated carbocycles. The van der Waals surface area contributed by atoms with E-state index in [0.717, 1.165) is 12.0 Å². The van der Waals surface area contributed by atoms with Gasteiger partial charge in [0.05, 0.1) is 6.54 Å². The average Bonchev–Trinajstić information content (AvgIpc) is 2.26. The van der Waals surface area contributed by atoms with E-state index >= 15 is 0 Å². The Morgan fingerprint density at radius 1 is 1.40 bits per heavy atom. The third kappa shape index (κ3) is 3.84. The van der Waals surface area contributed by atoms with Crippen LogP contribution in [0.2, 0.25) is 0 Å². The predicted octanol–water partition coefficient (Wildman–Crippen LogP) is 2.43. The smallest absolute Gasteiger partial charge is 0.176 e. The molecule has 1 aromatic rings. The van der Waals surface area contributed by atoms with E-state index in [0.29, 0.717) is 12.6 Å². The third-order valence-corrected chi connectivity index (χ3v) is 2.33. The van der Waals surface area contributed by atoms with Gasteiger partial charge in [0.25, 0.3) is 0 Å². The molecule has 0 aromatic heterocycles. The second-order valence-electron chi connectivity index (χ2n) is 4.01. The molecule has 0 spiro atoms. The molecule has 1 N–H and O–H groups in total. The molecule has 0 aliphatic rings. The molecule has 82 valence electrons. The van der Waals surface area contributed by atoms with Crippen LogP contribution in [0, 0.1) is 0 Å². The molecule has 1 rings (SSSR count). The van der Waals surface area contributed by atoms with Crippen molar-refractivity contribution in [3.05, 3.63) is 35.4 Å². The number of aryl methyl sites for hydroxylation is 1. The van der Waals surface area contributed by atoms with Crippen LogP contribution >= 0.6 is 0 Å². The molecule has 0 amide bonds. The average molecular weight is 205 g/mol. The standard InChI is InChI=1S/C13H19NO/c1-4-11-6-5-7-12(8-11)13(15)9-14-10(2)3/h5-8,10,14H,4,9H2,1-3H3. The Balaban J connectivity index is 2.65. The molecular weight excluding hydrogens is 186 g/mol. The third-order valence-electron chi connectivity index (χ3n) is 2.33. The van der Waals surface area contributed by atoms with Crippen molar-refractivity contribution in [2.24, 2.45) is 0 Å². The summed E-state index contributed by atoms with van der Waals surface area (Å²) in [5.74, 6) is 0.166. The van der Waals surface area contributed by atoms with Gasteiger partial charge in [-0.25, -0.2) is 0 Å². The Kier molecular flexibility index (Phi) is 4.50. The van der Waals surface area contributed by atoms with Crippen LogP contribution in [0.5, 0.6) is 0 Å². The van der Waals surface area contributed by atoms with Crippen molar-refractivity contribution in [1.29, 1.82) is 0 Å². The molecule has 0 atom stereocenters. The van der Waals surface area contributed by atoms with Gasteiger partial charge >= 0.3 is 0 Å². The van der Waals surface area contributed by atoms with Gasteiger partial charge in [0.1, 0.15) is 0 Å². The summed E-state index contributed by atoms with van der Waals surface area (Å²) in [6, 6.07) is 8.20. The number of nitrogens with one attached hydrogen (secondary N) is 1. The lowest BCUT2D eigenvalue weighted by Crippen LogP contribution is -2.29. The van der Waals surface area contributed by atoms with Gasteiger partial charge in [-0.2, -0.15) is 0 Å². The Hall–Kier alpha value is -1.15. The molecule has 2 heteroatoms. The largest absolute Gasteiger partial charge is 0.307 e. The van der Waals surface area contributed by atoms with E-state index in [4.69, 9.17) is 0 Å². The van der Waals surface area contributed by atoms with E-state index < -0.39 is 0 Å². The number of Topliss-reactive ketones (excluding diaryl/α,β-unsaturated/α-hetero) is 1. The van der Waals surface area contributed by atoms with Crippen LogP contribution in [0.1, 0.15) is 36.7 Å². The molecular formula is C13H19NO. The predicted molar refractivity (Wildman–Crippen MR) is 63.3 cm³/mol. The number of rotatable bonds is 5. The minimum atomic E-state index is 0.166. The van der Waals surface area contributed by atoms with Gasteiger partial charge in [-0.05, 0) is 18.1 Å². The fourth-order valence-corrected chi connectivity index (χ4v) is 1.36. The van der Waals surface area contributed by atoms with Gasteiger partial charge in [0, 0.05) is 11.6 Å². The van der Waals surface area contributed by atoms with Crippen molar-refractivity contribution in [2.45, 2.75) is 33.2 Å². The lowest BCUT2D eigenvalue weighted by molar-refractivity contribution is 0.0988. The zero-order valence-corrected chi connectivity index (χ0v) is 9.71. The van der Waals surface area contributed by atoms with Crippen molar-refractivity contribution in [2.75, 3.05) is 6.54 Å². The zero-order chi connectivity index (χ0) is 11.3. The van der Waals surface area contributed by atoms with Crippen LogP contribution in [0.25, 0.3) is 0 Å². The Bertz CT molecular complexity index is 331. The van der Waals surface area contributed by atoms with Crippen molar-refractivity contribution < 1.29 is 4.79 Å². The fraction of sp³-hybridized carbons (Fsp3) is 0.462. The second-order valence-corrected chi connectivity index (χ2v) is 4.01. The summed E-state index contributed by atoms with van der Waals surface area (Å²) in [6.07, 6.45) is 0.971. The lowest BCUT2D eigenvalue weighted by atomic mass is 10.1. The molecule has 0 unspecified atom stereocenters. The first-order valence-corrected chi connectivity index (χ1v) is 5.49. The maximum absolute atomic E-state index is 11.8. The van der Waals surface area contributed by atoms with E-state index in [1.165, 1.54) is 5.56 Å². The summed E-state index contributed by atoms with van der Waals surface area (Å²) < 4.78 is 0. The molecule has 0 aliphatic carbocycles. The lowest BCUT2D eigenvalue weighted by Gasteiger charge is -2.07. The summed E-state index contributed by atoms with van der Waals surface area (Å²) in [5, 5.41) is 3.13. The quantitative estimate of drug-likeness (QED) is 0.748. The van der Waals surface area contributed by atoms with Crippen molar-refractivity contribution in [1.82, 2.24) is 5.32 Å². The summed E-state index contributed by atoms with van der Waals surface area (Å²) in [4.78, 5) is 11.8. The van der Waals surface area contributed by atoms with Gasteiger partial charge < -0.3 is 5.32 Å². The molecule has 1 aromatic carbocycles. The molecule has 15 heavy (non-hydrogen) atoms. The zero-order valence-electron chi connectivity index (χ0n) is 9.71. The highest BCUT2D eigenvalue weighted by Crippen LogP contribution is 2.06. The van der Waals surface area contributed by atoms with E-state index in [2.05, 4.69) is 12.2 Å². The monoisotopic (exact) mass is 205 g/mol. The van der Waals surface area contributed by atoms with Crippen molar-refractivity contribution in [3.63, 3.8) is 0 Å². The van der Waals surface area contributed by atoms with E-state index in [1.807, 2.05) is 38.1 Å². The highest BCUT2D eigenvalue weighted by Gasteiger charge is 2.06. The number of carbonyl (C=O) groups is 1. The second kappa shape index (κ2) is 5.66.